The van der Waals surface area contributed by atoms with Crippen molar-refractivity contribution in [1.82, 2.24) is 19.6 Å². The number of hydrogen-bond acceptors (Lipinski definition) is 6. The SMILES string of the molecule is O=C(Cn1[nH]c(=O)c2ccccc2c1=O)N1CCN(C(=O)[C@H]2COc3ccccc3O2)CC1. The molecule has 0 spiro atoms. The normalized spacial score (nSPS) is 17.8. The Morgan fingerprint density at radius 3 is 2.27 bits per heavy atom. The molecular formula is C23H22N4O6. The lowest BCUT2D eigenvalue weighted by molar-refractivity contribution is -0.146. The van der Waals surface area contributed by atoms with Crippen LogP contribution in [0.2, 0.25) is 0 Å². The molecule has 2 aromatic carbocycles. The number of para-hydroxylation sites is 2. The number of amides is 2. The van der Waals surface area contributed by atoms with Gasteiger partial charge in [-0.15, -0.1) is 0 Å². The van der Waals surface area contributed by atoms with Crippen molar-refractivity contribution >= 4 is 22.6 Å². The van der Waals surface area contributed by atoms with E-state index in [9.17, 15) is 19.2 Å². The lowest BCUT2D eigenvalue weighted by Crippen LogP contribution is -2.55. The van der Waals surface area contributed by atoms with Crippen LogP contribution in [0.4, 0.5) is 0 Å². The van der Waals surface area contributed by atoms with Gasteiger partial charge in [0.25, 0.3) is 17.0 Å². The number of nitrogens with zero attached hydrogens (tertiary/aromatic N) is 3. The minimum absolute atomic E-state index is 0.132. The molecule has 0 saturated carbocycles. The Bertz CT molecular complexity index is 1340. The van der Waals surface area contributed by atoms with E-state index in [1.165, 1.54) is 0 Å². The van der Waals surface area contributed by atoms with Gasteiger partial charge in [-0.1, -0.05) is 24.3 Å². The molecule has 0 unspecified atom stereocenters. The molecule has 1 N–H and O–H groups in total. The van der Waals surface area contributed by atoms with Crippen molar-refractivity contribution in [2.75, 3.05) is 32.8 Å². The van der Waals surface area contributed by atoms with Crippen molar-refractivity contribution < 1.29 is 19.1 Å². The highest BCUT2D eigenvalue weighted by molar-refractivity contribution is 5.83. The first-order valence-electron chi connectivity index (χ1n) is 10.7. The summed E-state index contributed by atoms with van der Waals surface area (Å²) in [5.74, 6) is 0.651. The molecule has 2 aliphatic rings. The molecule has 1 fully saturated rings. The number of aromatic nitrogens is 2. The monoisotopic (exact) mass is 450 g/mol. The minimum Gasteiger partial charge on any atom is -0.485 e. The van der Waals surface area contributed by atoms with E-state index < -0.39 is 17.2 Å². The maximum atomic E-state index is 12.9. The van der Waals surface area contributed by atoms with E-state index in [0.29, 0.717) is 37.7 Å². The fraction of sp³-hybridized carbons (Fsp3) is 0.304. The van der Waals surface area contributed by atoms with Crippen molar-refractivity contribution in [1.29, 1.82) is 0 Å². The van der Waals surface area contributed by atoms with Gasteiger partial charge in [-0.25, -0.2) is 4.68 Å². The van der Waals surface area contributed by atoms with Crippen molar-refractivity contribution in [3.05, 3.63) is 69.2 Å². The van der Waals surface area contributed by atoms with Crippen LogP contribution in [0.15, 0.2) is 58.1 Å². The first kappa shape index (κ1) is 20.8. The summed E-state index contributed by atoms with van der Waals surface area (Å²) in [6.45, 7) is 1.18. The fourth-order valence-electron chi connectivity index (χ4n) is 4.11. The summed E-state index contributed by atoms with van der Waals surface area (Å²) in [6, 6.07) is 13.7. The van der Waals surface area contributed by atoms with Crippen LogP contribution in [0.3, 0.4) is 0 Å². The van der Waals surface area contributed by atoms with E-state index in [-0.39, 0.29) is 35.7 Å². The summed E-state index contributed by atoms with van der Waals surface area (Å²) in [5, 5.41) is 3.02. The van der Waals surface area contributed by atoms with E-state index in [1.54, 1.807) is 46.2 Å². The number of H-pyrrole nitrogens is 1. The first-order valence-corrected chi connectivity index (χ1v) is 10.7. The van der Waals surface area contributed by atoms with Gasteiger partial charge in [0.05, 0.1) is 10.8 Å². The molecule has 0 radical (unpaired) electrons. The number of carbonyl (C=O) groups excluding carboxylic acids is 2. The number of nitrogens with one attached hydrogen (secondary N) is 1. The second-order valence-corrected chi connectivity index (χ2v) is 7.95. The maximum absolute atomic E-state index is 12.9. The average Bonchev–Trinajstić information content (AvgIpc) is 2.86. The van der Waals surface area contributed by atoms with Crippen LogP contribution in [-0.2, 0) is 16.1 Å². The standard InChI is InChI=1S/C23H22N4O6/c28-20(13-27-22(30)16-6-2-1-5-15(16)21(29)24-27)25-9-11-26(12-10-25)23(31)19-14-32-17-7-3-4-8-18(17)33-19/h1-8,19H,9-14H2,(H,24,29)/t19-/m1/s1. The molecule has 10 heteroatoms. The molecule has 2 aliphatic heterocycles. The van der Waals surface area contributed by atoms with Gasteiger partial charge in [0.1, 0.15) is 13.2 Å². The number of rotatable bonds is 3. The van der Waals surface area contributed by atoms with Crippen molar-refractivity contribution in [3.63, 3.8) is 0 Å². The van der Waals surface area contributed by atoms with Crippen LogP contribution in [0.25, 0.3) is 10.8 Å². The quantitative estimate of drug-likeness (QED) is 0.610. The molecule has 1 saturated heterocycles. The number of fused-ring (bicyclic) bond motifs is 2. The predicted molar refractivity (Wildman–Crippen MR) is 118 cm³/mol. The Morgan fingerprint density at radius 1 is 0.879 bits per heavy atom. The fourth-order valence-corrected chi connectivity index (χ4v) is 4.11. The smallest absolute Gasteiger partial charge is 0.273 e. The Morgan fingerprint density at radius 2 is 1.52 bits per heavy atom. The van der Waals surface area contributed by atoms with E-state index in [2.05, 4.69) is 5.10 Å². The van der Waals surface area contributed by atoms with Gasteiger partial charge in [-0.2, -0.15) is 0 Å². The highest BCUT2D eigenvalue weighted by Gasteiger charge is 2.33. The number of piperazine rings is 1. The molecule has 5 rings (SSSR count). The van der Waals surface area contributed by atoms with E-state index in [1.807, 2.05) is 12.1 Å². The molecule has 1 atom stereocenters. The Balaban J connectivity index is 1.21. The molecule has 0 bridgehead atoms. The maximum Gasteiger partial charge on any atom is 0.273 e. The third-order valence-electron chi connectivity index (χ3n) is 5.91. The van der Waals surface area contributed by atoms with E-state index in [4.69, 9.17) is 9.47 Å². The Hall–Kier alpha value is -4.08. The minimum atomic E-state index is -0.733. The summed E-state index contributed by atoms with van der Waals surface area (Å²) in [4.78, 5) is 53.8. The number of ether oxygens (including phenoxy) is 2. The molecule has 2 amide bonds. The highest BCUT2D eigenvalue weighted by atomic mass is 16.6. The van der Waals surface area contributed by atoms with Crippen LogP contribution in [0.1, 0.15) is 0 Å². The van der Waals surface area contributed by atoms with Crippen LogP contribution < -0.4 is 20.6 Å². The molecule has 170 valence electrons. The topological polar surface area (TPSA) is 114 Å². The van der Waals surface area contributed by atoms with Gasteiger partial charge in [0.2, 0.25) is 12.0 Å². The lowest BCUT2D eigenvalue weighted by atomic mass is 10.2. The van der Waals surface area contributed by atoms with Crippen LogP contribution in [-0.4, -0.2) is 70.3 Å². The molecule has 1 aromatic heterocycles. The van der Waals surface area contributed by atoms with E-state index in [0.717, 1.165) is 4.68 Å². The average molecular weight is 450 g/mol. The summed E-state index contributed by atoms with van der Waals surface area (Å²) in [7, 11) is 0. The zero-order valence-electron chi connectivity index (χ0n) is 17.7. The summed E-state index contributed by atoms with van der Waals surface area (Å²) >= 11 is 0. The Kier molecular flexibility index (Phi) is 5.33. The highest BCUT2D eigenvalue weighted by Crippen LogP contribution is 2.31. The Labute approximate surface area is 187 Å². The summed E-state index contributed by atoms with van der Waals surface area (Å²) in [5.41, 5.74) is -0.855. The number of hydrogen-bond donors (Lipinski definition) is 1. The zero-order chi connectivity index (χ0) is 22.9. The third-order valence-corrected chi connectivity index (χ3v) is 5.91. The largest absolute Gasteiger partial charge is 0.485 e. The molecule has 10 nitrogen and oxygen atoms in total. The van der Waals surface area contributed by atoms with E-state index >= 15 is 0 Å². The predicted octanol–water partition coefficient (Wildman–Crippen LogP) is 0.201. The van der Waals surface area contributed by atoms with Crippen LogP contribution >= 0.6 is 0 Å². The van der Waals surface area contributed by atoms with Crippen LogP contribution in [0.5, 0.6) is 11.5 Å². The van der Waals surface area contributed by atoms with Crippen molar-refractivity contribution in [2.45, 2.75) is 12.6 Å². The number of benzene rings is 2. The first-order chi connectivity index (χ1) is 16.0. The van der Waals surface area contributed by atoms with Gasteiger partial charge < -0.3 is 19.3 Å². The molecule has 3 heterocycles. The summed E-state index contributed by atoms with van der Waals surface area (Å²) in [6.07, 6.45) is -0.733. The van der Waals surface area contributed by atoms with Gasteiger partial charge in [0, 0.05) is 26.2 Å². The van der Waals surface area contributed by atoms with Crippen molar-refractivity contribution in [3.8, 4) is 11.5 Å². The molecular weight excluding hydrogens is 428 g/mol. The van der Waals surface area contributed by atoms with Gasteiger partial charge in [-0.05, 0) is 24.3 Å². The second kappa shape index (κ2) is 8.45. The zero-order valence-corrected chi connectivity index (χ0v) is 17.7. The number of aromatic amines is 1. The lowest BCUT2D eigenvalue weighted by Gasteiger charge is -2.37. The van der Waals surface area contributed by atoms with Crippen LogP contribution in [0, 0.1) is 0 Å². The molecule has 0 aliphatic carbocycles. The van der Waals surface area contributed by atoms with Crippen molar-refractivity contribution in [2.24, 2.45) is 0 Å². The molecule has 3 aromatic rings. The van der Waals surface area contributed by atoms with Gasteiger partial charge in [-0.3, -0.25) is 24.3 Å². The van der Waals surface area contributed by atoms with Gasteiger partial charge >= 0.3 is 0 Å². The third kappa shape index (κ3) is 3.95. The summed E-state index contributed by atoms with van der Waals surface area (Å²) < 4.78 is 12.5. The number of carbonyl (C=O) groups is 2. The van der Waals surface area contributed by atoms with Gasteiger partial charge in [0.15, 0.2) is 11.5 Å². The molecule has 33 heavy (non-hydrogen) atoms. The second-order valence-electron chi connectivity index (χ2n) is 7.95.